The summed E-state index contributed by atoms with van der Waals surface area (Å²) in [7, 11) is 0. The Kier molecular flexibility index (Phi) is 4.06. The largest absolute Gasteiger partial charge is 0.324 e. The molecule has 1 aromatic heterocycles. The molecule has 25 heavy (non-hydrogen) atoms. The number of allylic oxidation sites excluding steroid dienone is 1. The zero-order valence-corrected chi connectivity index (χ0v) is 14.9. The highest BCUT2D eigenvalue weighted by Gasteiger charge is 2.24. The van der Waals surface area contributed by atoms with Gasteiger partial charge in [-0.25, -0.2) is 4.68 Å². The van der Waals surface area contributed by atoms with Crippen molar-refractivity contribution in [3.8, 4) is 0 Å². The maximum atomic E-state index is 6.43. The number of nitrogens with one attached hydrogen (secondary N) is 1. The predicted molar refractivity (Wildman–Crippen MR) is 102 cm³/mol. The van der Waals surface area contributed by atoms with E-state index in [1.807, 2.05) is 28.9 Å². The van der Waals surface area contributed by atoms with Crippen molar-refractivity contribution in [2.24, 2.45) is 0 Å². The van der Waals surface area contributed by atoms with Crippen LogP contribution in [0.3, 0.4) is 0 Å². The molecule has 1 atom stereocenters. The Morgan fingerprint density at radius 1 is 1.08 bits per heavy atom. The molecule has 0 fully saturated rings. The highest BCUT2D eigenvalue weighted by atomic mass is 35.5. The van der Waals surface area contributed by atoms with Gasteiger partial charge in [-0.3, -0.25) is 0 Å². The van der Waals surface area contributed by atoms with Gasteiger partial charge in [0.05, 0.1) is 0 Å². The monoisotopic (exact) mass is 350 g/mol. The molecule has 2 aromatic carbocycles. The zero-order valence-electron chi connectivity index (χ0n) is 14.1. The van der Waals surface area contributed by atoms with E-state index in [0.29, 0.717) is 5.92 Å². The van der Waals surface area contributed by atoms with Gasteiger partial charge in [-0.1, -0.05) is 67.9 Å². The predicted octanol–water partition coefficient (Wildman–Crippen LogP) is 5.11. The SMILES string of the molecule is CC(C)c1ccc(C2=C[C@@H](c3ccccc3Cl)n3ncnc3N2)cc1. The van der Waals surface area contributed by atoms with Gasteiger partial charge in [-0.05, 0) is 34.8 Å². The molecule has 0 amide bonds. The minimum atomic E-state index is -0.0905. The molecule has 0 saturated carbocycles. The van der Waals surface area contributed by atoms with Gasteiger partial charge in [0.25, 0.3) is 0 Å². The lowest BCUT2D eigenvalue weighted by Gasteiger charge is -2.25. The van der Waals surface area contributed by atoms with Crippen LogP contribution in [-0.4, -0.2) is 14.8 Å². The normalized spacial score (nSPS) is 16.3. The summed E-state index contributed by atoms with van der Waals surface area (Å²) < 4.78 is 1.85. The molecule has 0 spiro atoms. The second kappa shape index (κ2) is 6.37. The van der Waals surface area contributed by atoms with E-state index >= 15 is 0 Å². The number of fused-ring (bicyclic) bond motifs is 1. The molecule has 0 saturated heterocycles. The van der Waals surface area contributed by atoms with E-state index in [-0.39, 0.29) is 6.04 Å². The zero-order chi connectivity index (χ0) is 17.4. The number of hydrogen-bond acceptors (Lipinski definition) is 3. The molecule has 1 N–H and O–H groups in total. The number of hydrogen-bond donors (Lipinski definition) is 1. The highest BCUT2D eigenvalue weighted by Crippen LogP contribution is 2.35. The molecule has 4 rings (SSSR count). The fourth-order valence-electron chi connectivity index (χ4n) is 3.09. The van der Waals surface area contributed by atoms with E-state index < -0.39 is 0 Å². The Labute approximate surface area is 152 Å². The second-order valence-corrected chi connectivity index (χ2v) is 6.88. The smallest absolute Gasteiger partial charge is 0.226 e. The third-order valence-corrected chi connectivity index (χ3v) is 4.86. The molecule has 5 heteroatoms. The fourth-order valence-corrected chi connectivity index (χ4v) is 3.33. The molecule has 0 aliphatic carbocycles. The van der Waals surface area contributed by atoms with Crippen molar-refractivity contribution >= 4 is 23.2 Å². The van der Waals surface area contributed by atoms with Crippen molar-refractivity contribution in [1.29, 1.82) is 0 Å². The van der Waals surface area contributed by atoms with Crippen molar-refractivity contribution in [2.45, 2.75) is 25.8 Å². The molecule has 126 valence electrons. The van der Waals surface area contributed by atoms with Gasteiger partial charge in [0.1, 0.15) is 12.4 Å². The lowest BCUT2D eigenvalue weighted by atomic mass is 9.98. The number of nitrogens with zero attached hydrogens (tertiary/aromatic N) is 3. The van der Waals surface area contributed by atoms with Gasteiger partial charge in [-0.2, -0.15) is 10.1 Å². The van der Waals surface area contributed by atoms with Gasteiger partial charge in [0.2, 0.25) is 5.95 Å². The van der Waals surface area contributed by atoms with Crippen LogP contribution in [0.5, 0.6) is 0 Å². The summed E-state index contributed by atoms with van der Waals surface area (Å²) >= 11 is 6.43. The van der Waals surface area contributed by atoms with E-state index in [1.165, 1.54) is 5.56 Å². The number of rotatable bonds is 3. The summed E-state index contributed by atoms with van der Waals surface area (Å²) in [4.78, 5) is 4.34. The summed E-state index contributed by atoms with van der Waals surface area (Å²) in [6, 6.07) is 16.4. The van der Waals surface area contributed by atoms with Crippen molar-refractivity contribution in [3.63, 3.8) is 0 Å². The molecular weight excluding hydrogens is 332 g/mol. The first-order chi connectivity index (χ1) is 12.1. The maximum absolute atomic E-state index is 6.43. The average molecular weight is 351 g/mol. The standard InChI is InChI=1S/C20H19ClN4/c1-13(2)14-7-9-15(10-8-14)18-11-19(16-5-3-4-6-17(16)21)25-20(24-18)22-12-23-25/h3-13,19H,1-2H3,(H,22,23,24)/t19-/m0/s1. The van der Waals surface area contributed by atoms with Crippen LogP contribution in [-0.2, 0) is 0 Å². The lowest BCUT2D eigenvalue weighted by molar-refractivity contribution is 0.612. The average Bonchev–Trinajstić information content (AvgIpc) is 3.10. The Morgan fingerprint density at radius 2 is 1.84 bits per heavy atom. The Bertz CT molecular complexity index is 925. The van der Waals surface area contributed by atoms with Crippen LogP contribution in [0.15, 0.2) is 60.9 Å². The van der Waals surface area contributed by atoms with E-state index in [1.54, 1.807) is 6.33 Å². The molecule has 2 heterocycles. The summed E-state index contributed by atoms with van der Waals surface area (Å²) in [6.07, 6.45) is 3.71. The van der Waals surface area contributed by atoms with E-state index in [9.17, 15) is 0 Å². The van der Waals surface area contributed by atoms with Gasteiger partial charge in [-0.15, -0.1) is 0 Å². The Hall–Kier alpha value is -2.59. The lowest BCUT2D eigenvalue weighted by Crippen LogP contribution is -2.20. The number of halogens is 1. The third-order valence-electron chi connectivity index (χ3n) is 4.52. The summed E-state index contributed by atoms with van der Waals surface area (Å²) in [5, 5.41) is 8.45. The molecule has 3 aromatic rings. The van der Waals surface area contributed by atoms with Gasteiger partial charge in [0.15, 0.2) is 0 Å². The summed E-state index contributed by atoms with van der Waals surface area (Å²) in [5.74, 6) is 1.23. The van der Waals surface area contributed by atoms with Crippen LogP contribution < -0.4 is 5.32 Å². The first kappa shape index (κ1) is 15.9. The van der Waals surface area contributed by atoms with Crippen LogP contribution in [0.1, 0.15) is 42.5 Å². The second-order valence-electron chi connectivity index (χ2n) is 6.48. The molecule has 0 unspecified atom stereocenters. The summed E-state index contributed by atoms with van der Waals surface area (Å²) in [6.45, 7) is 4.39. The fraction of sp³-hybridized carbons (Fsp3) is 0.200. The molecule has 1 aliphatic heterocycles. The van der Waals surface area contributed by atoms with Crippen LogP contribution in [0.4, 0.5) is 5.95 Å². The number of anilines is 1. The van der Waals surface area contributed by atoms with Crippen LogP contribution >= 0.6 is 11.6 Å². The van der Waals surface area contributed by atoms with Crippen LogP contribution in [0, 0.1) is 0 Å². The van der Waals surface area contributed by atoms with Crippen molar-refractivity contribution in [1.82, 2.24) is 14.8 Å². The highest BCUT2D eigenvalue weighted by molar-refractivity contribution is 6.31. The third kappa shape index (κ3) is 2.94. The van der Waals surface area contributed by atoms with Gasteiger partial charge >= 0.3 is 0 Å². The molecule has 1 aliphatic rings. The molecule has 0 radical (unpaired) electrons. The maximum Gasteiger partial charge on any atom is 0.226 e. The summed E-state index contributed by atoms with van der Waals surface area (Å²) in [5.41, 5.74) is 4.47. The van der Waals surface area contributed by atoms with Crippen molar-refractivity contribution < 1.29 is 0 Å². The number of benzene rings is 2. The number of aromatic nitrogens is 3. The van der Waals surface area contributed by atoms with Gasteiger partial charge < -0.3 is 5.32 Å². The molecular formula is C20H19ClN4. The minimum absolute atomic E-state index is 0.0905. The van der Waals surface area contributed by atoms with E-state index in [0.717, 1.165) is 27.8 Å². The Balaban J connectivity index is 1.77. The molecule has 0 bridgehead atoms. The first-order valence-electron chi connectivity index (χ1n) is 8.36. The quantitative estimate of drug-likeness (QED) is 0.713. The van der Waals surface area contributed by atoms with E-state index in [2.05, 4.69) is 59.6 Å². The molecule has 4 nitrogen and oxygen atoms in total. The van der Waals surface area contributed by atoms with E-state index in [4.69, 9.17) is 11.6 Å². The minimum Gasteiger partial charge on any atom is -0.324 e. The van der Waals surface area contributed by atoms with Crippen molar-refractivity contribution in [2.75, 3.05) is 5.32 Å². The van der Waals surface area contributed by atoms with Crippen LogP contribution in [0.2, 0.25) is 5.02 Å². The topological polar surface area (TPSA) is 42.7 Å². The Morgan fingerprint density at radius 3 is 2.56 bits per heavy atom. The first-order valence-corrected chi connectivity index (χ1v) is 8.74. The van der Waals surface area contributed by atoms with Gasteiger partial charge in [0, 0.05) is 10.7 Å². The van der Waals surface area contributed by atoms with Crippen molar-refractivity contribution in [3.05, 3.63) is 82.6 Å². The van der Waals surface area contributed by atoms with Crippen LogP contribution in [0.25, 0.3) is 5.70 Å².